The van der Waals surface area contributed by atoms with Gasteiger partial charge < -0.3 is 5.32 Å². The smallest absolute Gasteiger partial charge is 0.188 e. The van der Waals surface area contributed by atoms with E-state index in [1.54, 1.807) is 11.3 Å². The van der Waals surface area contributed by atoms with Gasteiger partial charge in [0.05, 0.1) is 22.4 Å². The van der Waals surface area contributed by atoms with E-state index in [4.69, 9.17) is 4.98 Å². The molecule has 0 unspecified atom stereocenters. The molecule has 5 rings (SSSR count). The van der Waals surface area contributed by atoms with E-state index in [9.17, 15) is 0 Å². The van der Waals surface area contributed by atoms with E-state index in [1.807, 2.05) is 31.2 Å². The lowest BCUT2D eigenvalue weighted by atomic mass is 10.1. The molecule has 5 heteroatoms. The van der Waals surface area contributed by atoms with Crippen LogP contribution in [0.2, 0.25) is 0 Å². The van der Waals surface area contributed by atoms with E-state index in [2.05, 4.69) is 63.1 Å². The largest absolute Gasteiger partial charge is 0.315 e. The van der Waals surface area contributed by atoms with Crippen molar-refractivity contribution in [2.75, 3.05) is 5.32 Å². The first-order chi connectivity index (χ1) is 13.3. The maximum Gasteiger partial charge on any atom is 0.188 e. The molecule has 130 valence electrons. The number of nitrogens with zero attached hydrogens (tertiary/aromatic N) is 3. The highest BCUT2D eigenvalue weighted by Crippen LogP contribution is 2.29. The van der Waals surface area contributed by atoms with Crippen LogP contribution in [-0.4, -0.2) is 15.0 Å². The molecule has 0 aliphatic rings. The maximum atomic E-state index is 4.74. The number of rotatable bonds is 3. The van der Waals surface area contributed by atoms with E-state index < -0.39 is 0 Å². The Balaban J connectivity index is 1.47. The molecule has 0 spiro atoms. The maximum absolute atomic E-state index is 4.74. The zero-order valence-corrected chi connectivity index (χ0v) is 15.5. The van der Waals surface area contributed by atoms with Gasteiger partial charge in [0.25, 0.3) is 0 Å². The first-order valence-corrected chi connectivity index (χ1v) is 9.59. The predicted octanol–water partition coefficient (Wildman–Crippen LogP) is 5.96. The second-order valence-electron chi connectivity index (χ2n) is 6.37. The standard InChI is InChI=1S/C22H16N4S/c1-14-21(24-19-9-5-4-8-18(19)23-14)26-22-25-20(13-27-22)17-11-10-15-6-2-3-7-16(15)12-17/h2-13H,1H3,(H,24,25,26). The number of anilines is 2. The van der Waals surface area contributed by atoms with Crippen molar-refractivity contribution in [1.29, 1.82) is 0 Å². The number of hydrogen-bond acceptors (Lipinski definition) is 5. The molecule has 5 aromatic rings. The average Bonchev–Trinajstić information content (AvgIpc) is 3.17. The monoisotopic (exact) mass is 368 g/mol. The van der Waals surface area contributed by atoms with Crippen molar-refractivity contribution in [3.63, 3.8) is 0 Å². The normalized spacial score (nSPS) is 11.1. The van der Waals surface area contributed by atoms with Crippen LogP contribution in [0, 0.1) is 6.92 Å². The summed E-state index contributed by atoms with van der Waals surface area (Å²) in [7, 11) is 0. The number of benzene rings is 3. The lowest BCUT2D eigenvalue weighted by Gasteiger charge is -2.06. The summed E-state index contributed by atoms with van der Waals surface area (Å²) in [5, 5.41) is 8.65. The van der Waals surface area contributed by atoms with Crippen LogP contribution in [0.4, 0.5) is 10.9 Å². The number of nitrogens with one attached hydrogen (secondary N) is 1. The van der Waals surface area contributed by atoms with E-state index in [-0.39, 0.29) is 0 Å². The van der Waals surface area contributed by atoms with Gasteiger partial charge >= 0.3 is 0 Å². The quantitative estimate of drug-likeness (QED) is 0.427. The summed E-state index contributed by atoms with van der Waals surface area (Å²) in [6.45, 7) is 1.96. The SMILES string of the molecule is Cc1nc2ccccc2nc1Nc1nc(-c2ccc3ccccc3c2)cs1. The van der Waals surface area contributed by atoms with Crippen molar-refractivity contribution in [2.45, 2.75) is 6.92 Å². The fraction of sp³-hybridized carbons (Fsp3) is 0.0455. The summed E-state index contributed by atoms with van der Waals surface area (Å²) in [4.78, 5) is 14.1. The van der Waals surface area contributed by atoms with E-state index in [0.717, 1.165) is 38.9 Å². The van der Waals surface area contributed by atoms with Crippen molar-refractivity contribution >= 4 is 44.1 Å². The molecule has 0 amide bonds. The zero-order chi connectivity index (χ0) is 18.2. The minimum absolute atomic E-state index is 0.744. The van der Waals surface area contributed by atoms with Crippen LogP contribution in [0.15, 0.2) is 72.1 Å². The van der Waals surface area contributed by atoms with Gasteiger partial charge in [-0.25, -0.2) is 15.0 Å². The molecule has 3 aromatic carbocycles. The molecule has 0 aliphatic heterocycles. The highest BCUT2D eigenvalue weighted by molar-refractivity contribution is 7.14. The van der Waals surface area contributed by atoms with Crippen LogP contribution < -0.4 is 5.32 Å². The van der Waals surface area contributed by atoms with E-state index >= 15 is 0 Å². The minimum Gasteiger partial charge on any atom is -0.315 e. The Morgan fingerprint density at radius 2 is 1.52 bits per heavy atom. The molecular formula is C22H16N4S. The Morgan fingerprint density at radius 1 is 0.778 bits per heavy atom. The third kappa shape index (κ3) is 3.02. The van der Waals surface area contributed by atoms with E-state index in [0.29, 0.717) is 0 Å². The third-order valence-corrected chi connectivity index (χ3v) is 5.28. The summed E-state index contributed by atoms with van der Waals surface area (Å²) in [5.41, 5.74) is 4.70. The first kappa shape index (κ1) is 15.9. The van der Waals surface area contributed by atoms with Gasteiger partial charge in [-0.1, -0.05) is 48.5 Å². The molecule has 0 radical (unpaired) electrons. The fourth-order valence-electron chi connectivity index (χ4n) is 3.12. The van der Waals surface area contributed by atoms with Gasteiger partial charge in [-0.3, -0.25) is 0 Å². The molecule has 0 atom stereocenters. The Hall–Kier alpha value is -3.31. The summed E-state index contributed by atoms with van der Waals surface area (Å²) in [5.74, 6) is 0.744. The second-order valence-corrected chi connectivity index (χ2v) is 7.23. The van der Waals surface area contributed by atoms with Crippen LogP contribution in [-0.2, 0) is 0 Å². The zero-order valence-electron chi connectivity index (χ0n) is 14.7. The van der Waals surface area contributed by atoms with Crippen molar-refractivity contribution < 1.29 is 0 Å². The number of fused-ring (bicyclic) bond motifs is 2. The molecule has 0 bridgehead atoms. The highest BCUT2D eigenvalue weighted by Gasteiger charge is 2.09. The van der Waals surface area contributed by atoms with Crippen LogP contribution in [0.5, 0.6) is 0 Å². The van der Waals surface area contributed by atoms with Gasteiger partial charge in [-0.2, -0.15) is 0 Å². The van der Waals surface area contributed by atoms with Gasteiger partial charge in [-0.15, -0.1) is 11.3 Å². The molecule has 27 heavy (non-hydrogen) atoms. The highest BCUT2D eigenvalue weighted by atomic mass is 32.1. The minimum atomic E-state index is 0.744. The Labute approximate surface area is 160 Å². The van der Waals surface area contributed by atoms with Gasteiger partial charge in [0, 0.05) is 10.9 Å². The molecule has 4 nitrogen and oxygen atoms in total. The van der Waals surface area contributed by atoms with Gasteiger partial charge in [0.1, 0.15) is 0 Å². The number of hydrogen-bond donors (Lipinski definition) is 1. The second kappa shape index (κ2) is 6.45. The van der Waals surface area contributed by atoms with Crippen LogP contribution in [0.25, 0.3) is 33.1 Å². The summed E-state index contributed by atoms with van der Waals surface area (Å²) in [6, 6.07) is 22.7. The summed E-state index contributed by atoms with van der Waals surface area (Å²) < 4.78 is 0. The molecular weight excluding hydrogens is 352 g/mol. The molecule has 1 N–H and O–H groups in total. The molecule has 2 heterocycles. The Bertz CT molecular complexity index is 1280. The van der Waals surface area contributed by atoms with Gasteiger partial charge in [0.2, 0.25) is 0 Å². The van der Waals surface area contributed by atoms with Crippen LogP contribution in [0.1, 0.15) is 5.69 Å². The third-order valence-electron chi connectivity index (χ3n) is 4.52. The topological polar surface area (TPSA) is 50.7 Å². The molecule has 0 saturated heterocycles. The fourth-order valence-corrected chi connectivity index (χ4v) is 3.84. The van der Waals surface area contributed by atoms with Gasteiger partial charge in [0.15, 0.2) is 10.9 Å². The lowest BCUT2D eigenvalue weighted by Crippen LogP contribution is -1.99. The number of aryl methyl sites for hydroxylation is 1. The van der Waals surface area contributed by atoms with Crippen molar-refractivity contribution in [2.24, 2.45) is 0 Å². The Kier molecular flexibility index (Phi) is 3.80. The Morgan fingerprint density at radius 3 is 2.37 bits per heavy atom. The first-order valence-electron chi connectivity index (χ1n) is 8.71. The summed E-state index contributed by atoms with van der Waals surface area (Å²) in [6.07, 6.45) is 0. The van der Waals surface area contributed by atoms with Crippen LogP contribution >= 0.6 is 11.3 Å². The van der Waals surface area contributed by atoms with Crippen molar-refractivity contribution in [3.8, 4) is 11.3 Å². The molecule has 0 aliphatic carbocycles. The van der Waals surface area contributed by atoms with Crippen molar-refractivity contribution in [1.82, 2.24) is 15.0 Å². The predicted molar refractivity (Wildman–Crippen MR) is 113 cm³/mol. The molecule has 0 saturated carbocycles. The lowest BCUT2D eigenvalue weighted by molar-refractivity contribution is 1.18. The summed E-state index contributed by atoms with van der Waals surface area (Å²) >= 11 is 1.57. The van der Waals surface area contributed by atoms with Crippen molar-refractivity contribution in [3.05, 3.63) is 77.8 Å². The number of para-hydroxylation sites is 2. The van der Waals surface area contributed by atoms with Crippen LogP contribution in [0.3, 0.4) is 0 Å². The number of thiazole rings is 1. The number of aromatic nitrogens is 3. The van der Waals surface area contributed by atoms with E-state index in [1.165, 1.54) is 10.8 Å². The van der Waals surface area contributed by atoms with Gasteiger partial charge in [-0.05, 0) is 35.9 Å². The molecule has 0 fully saturated rings. The average molecular weight is 368 g/mol. The molecule has 2 aromatic heterocycles.